The Morgan fingerprint density at radius 3 is 2.38 bits per heavy atom. The lowest BCUT2D eigenvalue weighted by molar-refractivity contribution is 0.0523. The second kappa shape index (κ2) is 12.3. The fourth-order valence-corrected chi connectivity index (χ4v) is 5.20. The van der Waals surface area contributed by atoms with Crippen LogP contribution in [0.2, 0.25) is 23.2 Å². The Bertz CT molecular complexity index is 1450. The summed E-state index contributed by atoms with van der Waals surface area (Å²) in [5.41, 5.74) is -0.125. The molecule has 1 heterocycles. The van der Waals surface area contributed by atoms with Crippen LogP contribution in [0.3, 0.4) is 0 Å². The Hall–Kier alpha value is -2.88. The molecular formula is C30H39ClFNO6Si. The molecule has 0 N–H and O–H groups in total. The number of ether oxygens (including phenoxy) is 3. The molecule has 7 nitrogen and oxygen atoms in total. The van der Waals surface area contributed by atoms with Gasteiger partial charge in [0.15, 0.2) is 31.4 Å². The minimum absolute atomic E-state index is 0.00129. The van der Waals surface area contributed by atoms with Gasteiger partial charge < -0.3 is 23.2 Å². The molecule has 10 heteroatoms. The van der Waals surface area contributed by atoms with E-state index < -0.39 is 25.5 Å². The van der Waals surface area contributed by atoms with Gasteiger partial charge in [0.05, 0.1) is 42.3 Å². The van der Waals surface area contributed by atoms with Crippen LogP contribution in [-0.2, 0) is 9.16 Å². The zero-order valence-corrected chi connectivity index (χ0v) is 26.4. The van der Waals surface area contributed by atoms with Crippen LogP contribution in [0.4, 0.5) is 4.39 Å². The van der Waals surface area contributed by atoms with Crippen LogP contribution in [0.5, 0.6) is 17.2 Å². The van der Waals surface area contributed by atoms with E-state index in [9.17, 15) is 14.0 Å². The van der Waals surface area contributed by atoms with E-state index >= 15 is 0 Å². The van der Waals surface area contributed by atoms with Gasteiger partial charge in [0.1, 0.15) is 5.56 Å². The highest BCUT2D eigenvalue weighted by atomic mass is 35.5. The average Bonchev–Trinajstić information content (AvgIpc) is 2.87. The Labute approximate surface area is 241 Å². The van der Waals surface area contributed by atoms with Gasteiger partial charge in [-0.05, 0) is 49.2 Å². The molecule has 0 aliphatic rings. The third-order valence-electron chi connectivity index (χ3n) is 7.50. The standard InChI is InChI=1S/C30H39ClFNO6Si/c1-10-37-29(35)20-16-33(23(18(2)3)17-38-40(8,9)30(4,5)6)22-15-25(36-7)26(14-19(22)28(20)34)39-24-13-11-12-21(31)27(24)32/h11-16,18,23H,10,17H2,1-9H3/t23-/m1/s1. The SMILES string of the molecule is CCOC(=O)c1cn([C@H](CO[Si](C)(C)C(C)(C)C)C(C)C)c2cc(OC)c(Oc3cccc(Cl)c3F)cc2c1=O. The van der Waals surface area contributed by atoms with Crippen LogP contribution in [0.15, 0.2) is 41.3 Å². The molecule has 3 rings (SSSR count). The third kappa shape index (κ3) is 6.53. The predicted molar refractivity (Wildman–Crippen MR) is 159 cm³/mol. The molecule has 0 unspecified atom stereocenters. The molecule has 1 aromatic heterocycles. The number of nitrogens with zero attached hydrogens (tertiary/aromatic N) is 1. The molecule has 0 radical (unpaired) electrons. The zero-order valence-electron chi connectivity index (χ0n) is 24.7. The predicted octanol–water partition coefficient (Wildman–Crippen LogP) is 7.99. The van der Waals surface area contributed by atoms with Gasteiger partial charge in [-0.25, -0.2) is 9.18 Å². The number of carbonyl (C=O) groups is 1. The van der Waals surface area contributed by atoms with E-state index in [1.54, 1.807) is 25.3 Å². The van der Waals surface area contributed by atoms with Gasteiger partial charge in [0.25, 0.3) is 0 Å². The molecule has 0 aliphatic carbocycles. The molecule has 0 fully saturated rings. The molecule has 0 saturated heterocycles. The van der Waals surface area contributed by atoms with Gasteiger partial charge in [-0.3, -0.25) is 4.79 Å². The number of rotatable bonds is 10. The van der Waals surface area contributed by atoms with Crippen molar-refractivity contribution in [1.29, 1.82) is 0 Å². The van der Waals surface area contributed by atoms with E-state index in [-0.39, 0.29) is 56.8 Å². The van der Waals surface area contributed by atoms with Gasteiger partial charge in [0.2, 0.25) is 5.43 Å². The van der Waals surface area contributed by atoms with Gasteiger partial charge in [0, 0.05) is 12.3 Å². The van der Waals surface area contributed by atoms with Crippen molar-refractivity contribution in [3.05, 3.63) is 63.2 Å². The summed E-state index contributed by atoms with van der Waals surface area (Å²) in [4.78, 5) is 26.5. The molecule has 1 atom stereocenters. The summed E-state index contributed by atoms with van der Waals surface area (Å²) in [6.45, 7) is 17.2. The Morgan fingerprint density at radius 2 is 1.80 bits per heavy atom. The summed E-state index contributed by atoms with van der Waals surface area (Å²) in [6, 6.07) is 7.27. The van der Waals surface area contributed by atoms with E-state index in [0.29, 0.717) is 12.1 Å². The highest BCUT2D eigenvalue weighted by Crippen LogP contribution is 2.40. The van der Waals surface area contributed by atoms with Crippen molar-refractivity contribution in [2.75, 3.05) is 20.3 Å². The quantitative estimate of drug-likeness (QED) is 0.176. The lowest BCUT2D eigenvalue weighted by Crippen LogP contribution is -2.42. The topological polar surface area (TPSA) is 76.0 Å². The fourth-order valence-electron chi connectivity index (χ4n) is 4.01. The molecule has 0 amide bonds. The van der Waals surface area contributed by atoms with Crippen molar-refractivity contribution in [1.82, 2.24) is 4.57 Å². The molecule has 0 bridgehead atoms. The number of benzene rings is 2. The van der Waals surface area contributed by atoms with Crippen LogP contribution in [0.25, 0.3) is 10.9 Å². The van der Waals surface area contributed by atoms with Gasteiger partial charge >= 0.3 is 5.97 Å². The number of pyridine rings is 1. The van der Waals surface area contributed by atoms with Crippen LogP contribution >= 0.6 is 11.6 Å². The molecule has 0 aliphatic heterocycles. The summed E-state index contributed by atoms with van der Waals surface area (Å²) in [7, 11) is -0.654. The van der Waals surface area contributed by atoms with Crippen molar-refractivity contribution in [3.8, 4) is 17.2 Å². The summed E-state index contributed by atoms with van der Waals surface area (Å²) in [5, 5.41) is 0.0916. The molecule has 218 valence electrons. The Balaban J connectivity index is 2.27. The smallest absolute Gasteiger partial charge is 0.343 e. The average molecular weight is 592 g/mol. The second-order valence-corrected chi connectivity index (χ2v) is 16.8. The number of fused-ring (bicyclic) bond motifs is 1. The number of halogens is 2. The molecule has 40 heavy (non-hydrogen) atoms. The van der Waals surface area contributed by atoms with Crippen molar-refractivity contribution >= 4 is 36.8 Å². The Morgan fingerprint density at radius 1 is 1.12 bits per heavy atom. The molecule has 3 aromatic rings. The number of methoxy groups -OCH3 is 1. The third-order valence-corrected chi connectivity index (χ3v) is 12.3. The van der Waals surface area contributed by atoms with Crippen LogP contribution in [0.1, 0.15) is 57.9 Å². The second-order valence-electron chi connectivity index (χ2n) is 11.6. The molecule has 0 spiro atoms. The van der Waals surface area contributed by atoms with E-state index in [4.69, 9.17) is 30.2 Å². The maximum absolute atomic E-state index is 14.7. The highest BCUT2D eigenvalue weighted by molar-refractivity contribution is 6.74. The van der Waals surface area contributed by atoms with E-state index in [0.717, 1.165) is 0 Å². The zero-order chi connectivity index (χ0) is 30.0. The normalized spacial score (nSPS) is 13.0. The van der Waals surface area contributed by atoms with Crippen LogP contribution in [0, 0.1) is 11.7 Å². The van der Waals surface area contributed by atoms with E-state index in [1.165, 1.54) is 25.3 Å². The lowest BCUT2D eigenvalue weighted by Gasteiger charge is -2.38. The Kier molecular flexibility index (Phi) is 9.75. The van der Waals surface area contributed by atoms with Gasteiger partial charge in [-0.15, -0.1) is 0 Å². The van der Waals surface area contributed by atoms with Crippen molar-refractivity contribution < 1.29 is 27.8 Å². The first kappa shape index (κ1) is 31.6. The number of esters is 1. The summed E-state index contributed by atoms with van der Waals surface area (Å²) < 4.78 is 39.8. The minimum atomic E-state index is -2.11. The number of carbonyl (C=O) groups excluding carboxylic acids is 1. The van der Waals surface area contributed by atoms with Crippen LogP contribution in [-0.4, -0.2) is 39.2 Å². The fraction of sp³-hybridized carbons (Fsp3) is 0.467. The first-order chi connectivity index (χ1) is 18.6. The maximum Gasteiger partial charge on any atom is 0.343 e. The van der Waals surface area contributed by atoms with Crippen molar-refractivity contribution in [3.63, 3.8) is 0 Å². The molecular weight excluding hydrogens is 553 g/mol. The number of aromatic nitrogens is 1. The first-order valence-corrected chi connectivity index (χ1v) is 16.6. The summed E-state index contributed by atoms with van der Waals surface area (Å²) >= 11 is 5.93. The minimum Gasteiger partial charge on any atom is -0.493 e. The summed E-state index contributed by atoms with van der Waals surface area (Å²) in [5.74, 6) is -1.15. The van der Waals surface area contributed by atoms with Crippen molar-refractivity contribution in [2.24, 2.45) is 5.92 Å². The monoisotopic (exact) mass is 591 g/mol. The summed E-state index contributed by atoms with van der Waals surface area (Å²) in [6.07, 6.45) is 1.54. The number of hydrogen-bond acceptors (Lipinski definition) is 6. The maximum atomic E-state index is 14.7. The number of hydrogen-bond donors (Lipinski definition) is 0. The van der Waals surface area contributed by atoms with Crippen LogP contribution < -0.4 is 14.9 Å². The first-order valence-electron chi connectivity index (χ1n) is 13.3. The van der Waals surface area contributed by atoms with Gasteiger partial charge in [-0.2, -0.15) is 0 Å². The molecule has 0 saturated carbocycles. The van der Waals surface area contributed by atoms with E-state index in [2.05, 4.69) is 47.7 Å². The molecule has 2 aromatic carbocycles. The largest absolute Gasteiger partial charge is 0.493 e. The highest BCUT2D eigenvalue weighted by Gasteiger charge is 2.38. The van der Waals surface area contributed by atoms with Gasteiger partial charge in [-0.1, -0.05) is 52.3 Å². The van der Waals surface area contributed by atoms with E-state index in [1.807, 2.05) is 4.57 Å². The lowest BCUT2D eigenvalue weighted by atomic mass is 10.0. The van der Waals surface area contributed by atoms with Crippen molar-refractivity contribution in [2.45, 2.75) is 65.7 Å².